The molecule has 0 fully saturated rings. The van der Waals surface area contributed by atoms with Gasteiger partial charge in [-0.1, -0.05) is 12.1 Å². The van der Waals surface area contributed by atoms with Gasteiger partial charge in [0.05, 0.1) is 12.9 Å². The molecule has 1 heterocycles. The van der Waals surface area contributed by atoms with E-state index in [1.54, 1.807) is 18.6 Å². The van der Waals surface area contributed by atoms with E-state index in [-0.39, 0.29) is 12.4 Å². The van der Waals surface area contributed by atoms with E-state index in [0.717, 1.165) is 18.7 Å². The number of aliphatic hydroxyl groups excluding tert-OH is 1. The molecule has 0 aliphatic rings. The van der Waals surface area contributed by atoms with Crippen LogP contribution in [0, 0.1) is 0 Å². The number of benzene rings is 1. The molecule has 0 atom stereocenters. The number of phenols is 1. The number of aliphatic hydroxyl groups is 1. The molecule has 2 N–H and O–H groups in total. The van der Waals surface area contributed by atoms with Gasteiger partial charge in [-0.2, -0.15) is 0 Å². The Hall–Kier alpha value is -2.14. The van der Waals surface area contributed by atoms with E-state index in [9.17, 15) is 5.11 Å². The summed E-state index contributed by atoms with van der Waals surface area (Å²) < 4.78 is 2.01. The molecule has 5 nitrogen and oxygen atoms in total. The molecule has 0 saturated carbocycles. The van der Waals surface area contributed by atoms with Gasteiger partial charge in [-0.3, -0.25) is 4.99 Å². The van der Waals surface area contributed by atoms with Crippen molar-refractivity contribution >= 4 is 5.71 Å². The third kappa shape index (κ3) is 3.45. The number of aliphatic imine (C=N–C) groups is 1. The number of aromatic nitrogens is 2. The van der Waals surface area contributed by atoms with Gasteiger partial charge in [0.1, 0.15) is 5.75 Å². The lowest BCUT2D eigenvalue weighted by molar-refractivity contribution is 0.275. The molecule has 20 heavy (non-hydrogen) atoms. The molecule has 106 valence electrons. The maximum atomic E-state index is 10.0. The summed E-state index contributed by atoms with van der Waals surface area (Å²) >= 11 is 0. The average Bonchev–Trinajstić information content (AvgIpc) is 2.97. The van der Waals surface area contributed by atoms with Crippen molar-refractivity contribution in [3.63, 3.8) is 0 Å². The van der Waals surface area contributed by atoms with E-state index in [1.165, 1.54) is 0 Å². The van der Waals surface area contributed by atoms with Crippen LogP contribution in [0.2, 0.25) is 0 Å². The number of aryl methyl sites for hydroxylation is 1. The standard InChI is InChI=1S/C15H19N3O2/c1-12(14-5-2-4-13(10-19)15(14)20)17-6-3-8-18-9-7-16-11-18/h2,4-5,7,9,11,19-20H,3,6,8,10H2,1H3/b17-12+. The molecule has 0 aliphatic carbocycles. The van der Waals surface area contributed by atoms with E-state index in [0.29, 0.717) is 17.7 Å². The SMILES string of the molecule is C/C(=N\CCCn1ccnc1)c1cccc(CO)c1O. The number of aromatic hydroxyl groups is 1. The summed E-state index contributed by atoms with van der Waals surface area (Å²) in [6.45, 7) is 3.26. The van der Waals surface area contributed by atoms with Crippen molar-refractivity contribution in [2.45, 2.75) is 26.5 Å². The predicted octanol–water partition coefficient (Wildman–Crippen LogP) is 1.98. The van der Waals surface area contributed by atoms with Crippen LogP contribution in [0.5, 0.6) is 5.75 Å². The van der Waals surface area contributed by atoms with Gasteiger partial charge in [0, 0.05) is 42.3 Å². The van der Waals surface area contributed by atoms with E-state index in [4.69, 9.17) is 5.11 Å². The molecular weight excluding hydrogens is 254 g/mol. The lowest BCUT2D eigenvalue weighted by Gasteiger charge is -2.08. The summed E-state index contributed by atoms with van der Waals surface area (Å²) in [5.74, 6) is 0.117. The molecule has 0 spiro atoms. The molecule has 0 unspecified atom stereocenters. The van der Waals surface area contributed by atoms with Gasteiger partial charge in [0.15, 0.2) is 0 Å². The predicted molar refractivity (Wildman–Crippen MR) is 78.0 cm³/mol. The van der Waals surface area contributed by atoms with Gasteiger partial charge in [-0.25, -0.2) is 4.98 Å². The fourth-order valence-corrected chi connectivity index (χ4v) is 2.02. The maximum absolute atomic E-state index is 10.0. The van der Waals surface area contributed by atoms with Gasteiger partial charge >= 0.3 is 0 Å². The molecule has 2 rings (SSSR count). The highest BCUT2D eigenvalue weighted by Crippen LogP contribution is 2.23. The fourth-order valence-electron chi connectivity index (χ4n) is 2.02. The quantitative estimate of drug-likeness (QED) is 0.624. The Morgan fingerprint density at radius 1 is 1.40 bits per heavy atom. The van der Waals surface area contributed by atoms with Crippen molar-refractivity contribution in [2.75, 3.05) is 6.54 Å². The Kier molecular flexibility index (Phi) is 4.90. The summed E-state index contributed by atoms with van der Waals surface area (Å²) in [7, 11) is 0. The van der Waals surface area contributed by atoms with Gasteiger partial charge in [0.2, 0.25) is 0 Å². The Bertz CT molecular complexity index is 577. The molecule has 1 aromatic heterocycles. The maximum Gasteiger partial charge on any atom is 0.130 e. The van der Waals surface area contributed by atoms with Crippen molar-refractivity contribution in [3.8, 4) is 5.75 Å². The minimum atomic E-state index is -0.173. The van der Waals surface area contributed by atoms with Crippen LogP contribution in [0.15, 0.2) is 41.9 Å². The summed E-state index contributed by atoms with van der Waals surface area (Å²) in [6.07, 6.45) is 6.38. The lowest BCUT2D eigenvalue weighted by Crippen LogP contribution is -2.01. The zero-order chi connectivity index (χ0) is 14.4. The second kappa shape index (κ2) is 6.86. The normalized spacial score (nSPS) is 11.8. The van der Waals surface area contributed by atoms with Crippen LogP contribution in [0.4, 0.5) is 0 Å². The molecule has 0 aliphatic heterocycles. The first kappa shape index (κ1) is 14.3. The van der Waals surface area contributed by atoms with E-state index in [1.807, 2.05) is 29.8 Å². The van der Waals surface area contributed by atoms with Crippen molar-refractivity contribution < 1.29 is 10.2 Å². The van der Waals surface area contributed by atoms with Crippen molar-refractivity contribution in [1.29, 1.82) is 0 Å². The first-order valence-electron chi connectivity index (χ1n) is 6.61. The Morgan fingerprint density at radius 3 is 2.95 bits per heavy atom. The first-order valence-corrected chi connectivity index (χ1v) is 6.61. The van der Waals surface area contributed by atoms with Crippen molar-refractivity contribution in [1.82, 2.24) is 9.55 Å². The topological polar surface area (TPSA) is 70.6 Å². The molecule has 5 heteroatoms. The second-order valence-electron chi connectivity index (χ2n) is 4.59. The smallest absolute Gasteiger partial charge is 0.130 e. The van der Waals surface area contributed by atoms with Crippen LogP contribution in [0.3, 0.4) is 0 Å². The van der Waals surface area contributed by atoms with E-state index >= 15 is 0 Å². The van der Waals surface area contributed by atoms with Crippen molar-refractivity contribution in [2.24, 2.45) is 4.99 Å². The van der Waals surface area contributed by atoms with Gasteiger partial charge < -0.3 is 14.8 Å². The Morgan fingerprint density at radius 2 is 2.25 bits per heavy atom. The number of hydrogen-bond acceptors (Lipinski definition) is 4. The van der Waals surface area contributed by atoms with Crippen LogP contribution in [-0.2, 0) is 13.2 Å². The fraction of sp³-hybridized carbons (Fsp3) is 0.333. The molecule has 0 radical (unpaired) electrons. The molecule has 0 amide bonds. The van der Waals surface area contributed by atoms with Crippen LogP contribution in [0.25, 0.3) is 0 Å². The van der Waals surface area contributed by atoms with Gasteiger partial charge in [-0.05, 0) is 19.4 Å². The van der Waals surface area contributed by atoms with Gasteiger partial charge in [0.25, 0.3) is 0 Å². The number of para-hydroxylation sites is 1. The third-order valence-electron chi connectivity index (χ3n) is 3.16. The molecule has 0 bridgehead atoms. The van der Waals surface area contributed by atoms with Crippen molar-refractivity contribution in [3.05, 3.63) is 48.0 Å². The Balaban J connectivity index is 1.96. The zero-order valence-corrected chi connectivity index (χ0v) is 11.5. The number of hydrogen-bond donors (Lipinski definition) is 2. The lowest BCUT2D eigenvalue weighted by atomic mass is 10.1. The third-order valence-corrected chi connectivity index (χ3v) is 3.16. The number of nitrogens with zero attached hydrogens (tertiary/aromatic N) is 3. The van der Waals surface area contributed by atoms with Gasteiger partial charge in [-0.15, -0.1) is 0 Å². The summed E-state index contributed by atoms with van der Waals surface area (Å²) in [4.78, 5) is 8.46. The minimum absolute atomic E-state index is 0.117. The summed E-state index contributed by atoms with van der Waals surface area (Å²) in [6, 6.07) is 5.32. The average molecular weight is 273 g/mol. The summed E-state index contributed by atoms with van der Waals surface area (Å²) in [5.41, 5.74) is 1.98. The van der Waals surface area contributed by atoms with E-state index in [2.05, 4.69) is 9.98 Å². The highest BCUT2D eigenvalue weighted by molar-refractivity contribution is 6.01. The zero-order valence-electron chi connectivity index (χ0n) is 11.5. The highest BCUT2D eigenvalue weighted by Gasteiger charge is 2.08. The van der Waals surface area contributed by atoms with Crippen LogP contribution in [0.1, 0.15) is 24.5 Å². The van der Waals surface area contributed by atoms with Crippen LogP contribution < -0.4 is 0 Å². The molecule has 0 saturated heterocycles. The van der Waals surface area contributed by atoms with Crippen LogP contribution in [-0.4, -0.2) is 32.0 Å². The Labute approximate surface area is 118 Å². The molecule has 2 aromatic rings. The molecule has 1 aromatic carbocycles. The first-order chi connectivity index (χ1) is 9.72. The van der Waals surface area contributed by atoms with Crippen LogP contribution >= 0.6 is 0 Å². The summed E-state index contributed by atoms with van der Waals surface area (Å²) in [5, 5.41) is 19.1. The van der Waals surface area contributed by atoms with E-state index < -0.39 is 0 Å². The molecular formula is C15H19N3O2. The number of rotatable bonds is 6. The number of imidazole rings is 1. The largest absolute Gasteiger partial charge is 0.507 e. The second-order valence-corrected chi connectivity index (χ2v) is 4.59. The minimum Gasteiger partial charge on any atom is -0.507 e. The highest BCUT2D eigenvalue weighted by atomic mass is 16.3. The monoisotopic (exact) mass is 273 g/mol.